The Balaban J connectivity index is 1.89. The number of hydrogen-bond donors (Lipinski definition) is 1. The lowest BCUT2D eigenvalue weighted by Crippen LogP contribution is -2.24. The molecule has 2 N–H and O–H groups in total. The van der Waals surface area contributed by atoms with Crippen molar-refractivity contribution in [1.29, 1.82) is 0 Å². The maximum absolute atomic E-state index is 12.8. The van der Waals surface area contributed by atoms with Crippen molar-refractivity contribution in [3.8, 4) is 0 Å². The predicted molar refractivity (Wildman–Crippen MR) is 90.8 cm³/mol. The highest BCUT2D eigenvalue weighted by Crippen LogP contribution is 2.39. The third-order valence-corrected chi connectivity index (χ3v) is 5.26. The quantitative estimate of drug-likeness (QED) is 0.690. The number of nitrogens with two attached hydrogens (primary N) is 1. The van der Waals surface area contributed by atoms with Crippen LogP contribution in [-0.2, 0) is 22.4 Å². The number of anilines is 1. The molecule has 120 valence electrons. The van der Waals surface area contributed by atoms with E-state index in [1.165, 1.54) is 11.3 Å². The van der Waals surface area contributed by atoms with Gasteiger partial charge in [0.25, 0.3) is 0 Å². The van der Waals surface area contributed by atoms with Crippen LogP contribution in [0.5, 0.6) is 0 Å². The molecule has 2 aromatic rings. The molecule has 0 saturated carbocycles. The number of carbonyl (C=O) groups excluding carboxylic acids is 2. The van der Waals surface area contributed by atoms with Crippen LogP contribution in [0, 0.1) is 5.92 Å². The number of hydrogen-bond acceptors (Lipinski definition) is 5. The number of ketones is 1. The summed E-state index contributed by atoms with van der Waals surface area (Å²) < 4.78 is 5.12. The summed E-state index contributed by atoms with van der Waals surface area (Å²) in [5.74, 6) is -0.309. The fraction of sp³-hybridized carbons (Fsp3) is 0.333. The van der Waals surface area contributed by atoms with Gasteiger partial charge in [0.05, 0.1) is 23.1 Å². The Morgan fingerprint density at radius 3 is 2.74 bits per heavy atom. The molecule has 1 unspecified atom stereocenters. The Labute approximate surface area is 139 Å². The zero-order chi connectivity index (χ0) is 16.4. The van der Waals surface area contributed by atoms with Crippen LogP contribution in [0.1, 0.15) is 39.7 Å². The van der Waals surface area contributed by atoms with Crippen LogP contribution in [-0.4, -0.2) is 18.4 Å². The maximum atomic E-state index is 12.8. The monoisotopic (exact) mass is 329 g/mol. The number of nitrogen functional groups attached to an aromatic ring is 1. The van der Waals surface area contributed by atoms with Crippen LogP contribution < -0.4 is 5.73 Å². The molecule has 1 atom stereocenters. The smallest absolute Gasteiger partial charge is 0.309 e. The van der Waals surface area contributed by atoms with Gasteiger partial charge in [-0.3, -0.25) is 9.59 Å². The lowest BCUT2D eigenvalue weighted by atomic mass is 9.85. The average molecular weight is 329 g/mol. The topological polar surface area (TPSA) is 69.4 Å². The van der Waals surface area contributed by atoms with Crippen LogP contribution in [0.4, 0.5) is 5.00 Å². The van der Waals surface area contributed by atoms with Crippen LogP contribution in [0.3, 0.4) is 0 Å². The highest BCUT2D eigenvalue weighted by atomic mass is 32.1. The van der Waals surface area contributed by atoms with E-state index < -0.39 is 0 Å². The van der Waals surface area contributed by atoms with E-state index in [0.29, 0.717) is 42.0 Å². The van der Waals surface area contributed by atoms with Crippen molar-refractivity contribution in [2.75, 3.05) is 12.3 Å². The second kappa shape index (κ2) is 6.54. The highest BCUT2D eigenvalue weighted by Gasteiger charge is 2.31. The van der Waals surface area contributed by atoms with Crippen LogP contribution in [0.2, 0.25) is 0 Å². The SMILES string of the molecule is CCOC(=O)C1CCc2c(sc(N)c2C(=O)c2ccccc2)C1. The Morgan fingerprint density at radius 1 is 1.30 bits per heavy atom. The molecule has 0 radical (unpaired) electrons. The molecule has 23 heavy (non-hydrogen) atoms. The Bertz CT molecular complexity index is 736. The summed E-state index contributed by atoms with van der Waals surface area (Å²) in [6, 6.07) is 9.18. The fourth-order valence-electron chi connectivity index (χ4n) is 3.05. The number of thiophene rings is 1. The first-order chi connectivity index (χ1) is 11.1. The van der Waals surface area contributed by atoms with Crippen LogP contribution in [0.15, 0.2) is 30.3 Å². The first-order valence-electron chi connectivity index (χ1n) is 7.78. The summed E-state index contributed by atoms with van der Waals surface area (Å²) in [6.45, 7) is 2.21. The second-order valence-corrected chi connectivity index (χ2v) is 6.77. The molecule has 1 aromatic heterocycles. The Hall–Kier alpha value is -2.14. The van der Waals surface area contributed by atoms with Crippen molar-refractivity contribution in [2.24, 2.45) is 5.92 Å². The highest BCUT2D eigenvalue weighted by molar-refractivity contribution is 7.16. The van der Waals surface area contributed by atoms with Crippen molar-refractivity contribution in [2.45, 2.75) is 26.2 Å². The summed E-state index contributed by atoms with van der Waals surface area (Å²) in [4.78, 5) is 25.7. The molecule has 5 heteroatoms. The summed E-state index contributed by atoms with van der Waals surface area (Å²) in [5.41, 5.74) is 8.41. The van der Waals surface area contributed by atoms with E-state index in [1.54, 1.807) is 12.1 Å². The van der Waals surface area contributed by atoms with E-state index in [-0.39, 0.29) is 17.7 Å². The third kappa shape index (κ3) is 3.01. The lowest BCUT2D eigenvalue weighted by molar-refractivity contribution is -0.148. The minimum Gasteiger partial charge on any atom is -0.466 e. The van der Waals surface area contributed by atoms with Gasteiger partial charge in [-0.1, -0.05) is 30.3 Å². The van der Waals surface area contributed by atoms with Crippen LogP contribution in [0.25, 0.3) is 0 Å². The molecular formula is C18H19NO3S. The molecule has 0 spiro atoms. The largest absolute Gasteiger partial charge is 0.466 e. The minimum atomic E-state index is -0.152. The standard InChI is InChI=1S/C18H19NO3S/c1-2-22-18(21)12-8-9-13-14(10-12)23-17(19)15(13)16(20)11-6-4-3-5-7-11/h3-7,12H,2,8-10,19H2,1H3. The number of rotatable bonds is 4. The predicted octanol–water partition coefficient (Wildman–Crippen LogP) is 3.23. The Kier molecular flexibility index (Phi) is 4.48. The van der Waals surface area contributed by atoms with Gasteiger partial charge in [-0.25, -0.2) is 0 Å². The molecule has 0 amide bonds. The number of fused-ring (bicyclic) bond motifs is 1. The van der Waals surface area contributed by atoms with Crippen molar-refractivity contribution in [3.63, 3.8) is 0 Å². The van der Waals surface area contributed by atoms with Crippen LogP contribution >= 0.6 is 11.3 Å². The number of esters is 1. The van der Waals surface area contributed by atoms with Gasteiger partial charge < -0.3 is 10.5 Å². The van der Waals surface area contributed by atoms with Gasteiger partial charge in [0.2, 0.25) is 0 Å². The lowest BCUT2D eigenvalue weighted by Gasteiger charge is -2.21. The summed E-state index contributed by atoms with van der Waals surface area (Å²) >= 11 is 1.43. The van der Waals surface area contributed by atoms with E-state index in [0.717, 1.165) is 10.4 Å². The van der Waals surface area contributed by atoms with Gasteiger partial charge >= 0.3 is 5.97 Å². The molecule has 3 rings (SSSR count). The summed E-state index contributed by atoms with van der Waals surface area (Å²) in [7, 11) is 0. The molecule has 1 aliphatic carbocycles. The van der Waals surface area contributed by atoms with E-state index in [9.17, 15) is 9.59 Å². The van der Waals surface area contributed by atoms with E-state index in [1.807, 2.05) is 25.1 Å². The van der Waals surface area contributed by atoms with Gasteiger partial charge in [-0.2, -0.15) is 0 Å². The first-order valence-corrected chi connectivity index (χ1v) is 8.59. The number of carbonyl (C=O) groups is 2. The van der Waals surface area contributed by atoms with Gasteiger partial charge in [-0.15, -0.1) is 11.3 Å². The van der Waals surface area contributed by atoms with Crippen molar-refractivity contribution < 1.29 is 14.3 Å². The normalized spacial score (nSPS) is 16.7. The number of benzene rings is 1. The summed E-state index contributed by atoms with van der Waals surface area (Å²) in [5, 5.41) is 0.549. The first kappa shape index (κ1) is 15.7. The average Bonchev–Trinajstić information content (AvgIpc) is 2.90. The molecule has 1 aromatic carbocycles. The molecule has 4 nitrogen and oxygen atoms in total. The fourth-order valence-corrected chi connectivity index (χ4v) is 4.25. The summed E-state index contributed by atoms with van der Waals surface area (Å²) in [6.07, 6.45) is 2.02. The van der Waals surface area contributed by atoms with Crippen molar-refractivity contribution in [1.82, 2.24) is 0 Å². The molecule has 0 fully saturated rings. The zero-order valence-electron chi connectivity index (χ0n) is 13.0. The van der Waals surface area contributed by atoms with Gasteiger partial charge in [0.1, 0.15) is 0 Å². The molecule has 1 aliphatic rings. The van der Waals surface area contributed by atoms with Crippen molar-refractivity contribution >= 4 is 28.1 Å². The zero-order valence-corrected chi connectivity index (χ0v) is 13.8. The third-order valence-electron chi connectivity index (χ3n) is 4.18. The maximum Gasteiger partial charge on any atom is 0.309 e. The molecular weight excluding hydrogens is 310 g/mol. The minimum absolute atomic E-state index is 0.0322. The Morgan fingerprint density at radius 2 is 2.04 bits per heavy atom. The van der Waals surface area contributed by atoms with Crippen molar-refractivity contribution in [3.05, 3.63) is 51.9 Å². The number of ether oxygens (including phenoxy) is 1. The van der Waals surface area contributed by atoms with Gasteiger partial charge in [-0.05, 0) is 31.7 Å². The van der Waals surface area contributed by atoms with Gasteiger partial charge in [0.15, 0.2) is 5.78 Å². The van der Waals surface area contributed by atoms with E-state index in [2.05, 4.69) is 0 Å². The second-order valence-electron chi connectivity index (χ2n) is 5.63. The van der Waals surface area contributed by atoms with E-state index >= 15 is 0 Å². The molecule has 1 heterocycles. The molecule has 0 aliphatic heterocycles. The van der Waals surface area contributed by atoms with E-state index in [4.69, 9.17) is 10.5 Å². The molecule has 0 bridgehead atoms. The molecule has 0 saturated heterocycles. The van der Waals surface area contributed by atoms with Gasteiger partial charge in [0, 0.05) is 10.4 Å².